The monoisotopic (exact) mass is 278 g/mol. The predicted octanol–water partition coefficient (Wildman–Crippen LogP) is -2.21. The Bertz CT molecular complexity index is 311. The van der Waals surface area contributed by atoms with Crippen LogP contribution in [-0.2, 0) is 19.1 Å². The van der Waals surface area contributed by atoms with Gasteiger partial charge < -0.3 is 30.0 Å². The summed E-state index contributed by atoms with van der Waals surface area (Å²) in [5, 5.41) is 17.7. The van der Waals surface area contributed by atoms with Crippen molar-refractivity contribution < 1.29 is 33.8 Å². The molecule has 0 aliphatic heterocycles. The second kappa shape index (κ2) is 9.29. The topological polar surface area (TPSA) is 130 Å². The number of hydrogen-bond acceptors (Lipinski definition) is 6. The molecule has 0 spiro atoms. The minimum absolute atomic E-state index is 0.201. The summed E-state index contributed by atoms with van der Waals surface area (Å²) in [6.45, 7) is 2.80. The summed E-state index contributed by atoms with van der Waals surface area (Å²) in [6, 6.07) is -1.40. The maximum atomic E-state index is 10.3. The number of esters is 1. The van der Waals surface area contributed by atoms with Crippen LogP contribution < -0.4 is 10.8 Å². The predicted molar refractivity (Wildman–Crippen MR) is 64.8 cm³/mol. The van der Waals surface area contributed by atoms with E-state index in [0.717, 1.165) is 11.0 Å². The van der Waals surface area contributed by atoms with Gasteiger partial charge in [-0.25, -0.2) is 0 Å². The van der Waals surface area contributed by atoms with Gasteiger partial charge in [-0.05, 0) is 0 Å². The summed E-state index contributed by atoms with van der Waals surface area (Å²) >= 11 is 0. The Kier molecular flexibility index (Phi) is 9.61. The van der Waals surface area contributed by atoms with Crippen LogP contribution in [-0.4, -0.2) is 67.8 Å². The first-order chi connectivity index (χ1) is 8.45. The summed E-state index contributed by atoms with van der Waals surface area (Å²) in [6.07, 6.45) is -0.595. The molecular formula is C11H22N2O6. The molecule has 0 aliphatic carbocycles. The van der Waals surface area contributed by atoms with Crippen molar-refractivity contribution >= 4 is 17.9 Å². The number of quaternary nitrogens is 1. The van der Waals surface area contributed by atoms with Crippen LogP contribution in [0.3, 0.4) is 0 Å². The minimum Gasteiger partial charge on any atom is -0.548 e. The molecule has 0 heterocycles. The van der Waals surface area contributed by atoms with Crippen LogP contribution in [0.4, 0.5) is 0 Å². The number of rotatable bonds is 6. The second-order valence-electron chi connectivity index (χ2n) is 4.88. The fourth-order valence-electron chi connectivity index (χ4n) is 0.735. The molecule has 0 saturated heterocycles. The number of nitrogens with zero attached hydrogens (tertiary/aromatic N) is 1. The van der Waals surface area contributed by atoms with Crippen molar-refractivity contribution in [2.45, 2.75) is 19.4 Å². The van der Waals surface area contributed by atoms with E-state index in [1.807, 2.05) is 0 Å². The highest BCUT2D eigenvalue weighted by molar-refractivity contribution is 5.78. The van der Waals surface area contributed by atoms with Gasteiger partial charge in [-0.2, -0.15) is 0 Å². The smallest absolute Gasteiger partial charge is 0.305 e. The second-order valence-corrected chi connectivity index (χ2v) is 4.88. The Labute approximate surface area is 112 Å². The van der Waals surface area contributed by atoms with Crippen LogP contribution in [0, 0.1) is 0 Å². The van der Waals surface area contributed by atoms with Crippen LogP contribution >= 0.6 is 0 Å². The lowest BCUT2D eigenvalue weighted by atomic mass is 10.2. The molecule has 0 radical (unpaired) electrons. The highest BCUT2D eigenvalue weighted by Gasteiger charge is 2.07. The molecule has 0 saturated carbocycles. The molecule has 8 nitrogen and oxygen atoms in total. The maximum absolute atomic E-state index is 10.3. The van der Waals surface area contributed by atoms with Gasteiger partial charge in [0.1, 0.15) is 13.2 Å². The molecule has 0 fully saturated rings. The summed E-state index contributed by atoms with van der Waals surface area (Å²) in [7, 11) is 6.18. The van der Waals surface area contributed by atoms with Gasteiger partial charge in [0.2, 0.25) is 0 Å². The zero-order valence-corrected chi connectivity index (χ0v) is 11.7. The highest BCUT2D eigenvalue weighted by Crippen LogP contribution is 1.89. The number of carbonyl (C=O) groups excluding carboxylic acids is 2. The van der Waals surface area contributed by atoms with E-state index >= 15 is 0 Å². The molecule has 0 aromatic carbocycles. The van der Waals surface area contributed by atoms with E-state index in [9.17, 15) is 19.5 Å². The van der Waals surface area contributed by atoms with Crippen LogP contribution in [0.15, 0.2) is 0 Å². The van der Waals surface area contributed by atoms with Crippen LogP contribution in [0.1, 0.15) is 13.3 Å². The van der Waals surface area contributed by atoms with E-state index in [1.54, 1.807) is 0 Å². The maximum Gasteiger partial charge on any atom is 0.305 e. The number of nitrogens with two attached hydrogens (primary N) is 1. The van der Waals surface area contributed by atoms with Crippen molar-refractivity contribution in [2.75, 3.05) is 34.3 Å². The van der Waals surface area contributed by atoms with Gasteiger partial charge in [0, 0.05) is 6.92 Å². The summed E-state index contributed by atoms with van der Waals surface area (Å²) in [4.78, 5) is 29.8. The number of carboxylic acid groups (broad SMARTS) is 2. The summed E-state index contributed by atoms with van der Waals surface area (Å²) in [5.74, 6) is -2.99. The highest BCUT2D eigenvalue weighted by atomic mass is 16.5. The average molecular weight is 278 g/mol. The number of aliphatic carboxylic acids is 2. The molecule has 8 heteroatoms. The van der Waals surface area contributed by atoms with Crippen molar-refractivity contribution in [3.8, 4) is 0 Å². The number of carbonyl (C=O) groups is 3. The molecule has 0 aromatic rings. The van der Waals surface area contributed by atoms with Crippen molar-refractivity contribution in [1.82, 2.24) is 0 Å². The van der Waals surface area contributed by atoms with E-state index in [4.69, 9.17) is 15.6 Å². The van der Waals surface area contributed by atoms with E-state index in [1.165, 1.54) is 6.92 Å². The van der Waals surface area contributed by atoms with E-state index in [0.29, 0.717) is 6.61 Å². The Morgan fingerprint density at radius 1 is 1.32 bits per heavy atom. The van der Waals surface area contributed by atoms with Crippen molar-refractivity contribution in [3.05, 3.63) is 0 Å². The minimum atomic E-state index is -1.54. The van der Waals surface area contributed by atoms with E-state index < -0.39 is 24.4 Å². The van der Waals surface area contributed by atoms with Crippen LogP contribution in [0.2, 0.25) is 0 Å². The average Bonchev–Trinajstić information content (AvgIpc) is 2.14. The van der Waals surface area contributed by atoms with Crippen molar-refractivity contribution in [2.24, 2.45) is 5.73 Å². The zero-order valence-electron chi connectivity index (χ0n) is 11.7. The van der Waals surface area contributed by atoms with E-state index in [2.05, 4.69) is 21.1 Å². The van der Waals surface area contributed by atoms with Crippen LogP contribution in [0.5, 0.6) is 0 Å². The molecule has 0 aliphatic rings. The van der Waals surface area contributed by atoms with Gasteiger partial charge in [-0.3, -0.25) is 9.59 Å². The van der Waals surface area contributed by atoms with Gasteiger partial charge in [0.15, 0.2) is 0 Å². The SMILES string of the molecule is CC(=O)OCC[N+](C)(C)C.N[C@@H](CC(=O)O)C(=O)[O-]. The lowest BCUT2D eigenvalue weighted by Gasteiger charge is -2.23. The third-order valence-corrected chi connectivity index (χ3v) is 1.76. The molecule has 0 unspecified atom stereocenters. The Hall–Kier alpha value is -1.67. The van der Waals surface area contributed by atoms with Crippen molar-refractivity contribution in [3.63, 3.8) is 0 Å². The molecule has 1 atom stereocenters. The Morgan fingerprint density at radius 3 is 2.00 bits per heavy atom. The standard InChI is InChI=1S/C7H16NO2.C4H7NO4/c1-7(9)10-6-5-8(2,3)4;5-2(4(8)9)1-3(6)7/h5-6H2,1-4H3;2H,1,5H2,(H,6,7)(H,8,9)/q+1;/p-1/t;2-/m.0/s1. The van der Waals surface area contributed by atoms with Crippen LogP contribution in [0.25, 0.3) is 0 Å². The summed E-state index contributed by atoms with van der Waals surface area (Å²) < 4.78 is 5.59. The molecular weight excluding hydrogens is 256 g/mol. The molecule has 3 N–H and O–H groups in total. The first-order valence-electron chi connectivity index (χ1n) is 5.57. The van der Waals surface area contributed by atoms with Gasteiger partial charge >= 0.3 is 11.9 Å². The quantitative estimate of drug-likeness (QED) is 0.416. The van der Waals surface area contributed by atoms with E-state index in [-0.39, 0.29) is 5.97 Å². The lowest BCUT2D eigenvalue weighted by molar-refractivity contribution is -0.870. The lowest BCUT2D eigenvalue weighted by Crippen LogP contribution is -2.43. The summed E-state index contributed by atoms with van der Waals surface area (Å²) in [5.41, 5.74) is 4.77. The molecule has 0 aromatic heterocycles. The van der Waals surface area contributed by atoms with Crippen molar-refractivity contribution in [1.29, 1.82) is 0 Å². The number of likely N-dealkylation sites (N-methyl/N-ethyl adjacent to an activating group) is 1. The first-order valence-corrected chi connectivity index (χ1v) is 5.57. The third kappa shape index (κ3) is 18.9. The van der Waals surface area contributed by atoms with Gasteiger partial charge in [0.05, 0.1) is 39.6 Å². The zero-order chi connectivity index (χ0) is 15.6. The molecule has 0 rings (SSSR count). The fourth-order valence-corrected chi connectivity index (χ4v) is 0.735. The molecule has 112 valence electrons. The first kappa shape index (κ1) is 19.7. The largest absolute Gasteiger partial charge is 0.548 e. The van der Waals surface area contributed by atoms with Gasteiger partial charge in [-0.1, -0.05) is 0 Å². The van der Waals surface area contributed by atoms with Gasteiger partial charge in [0.25, 0.3) is 0 Å². The molecule has 0 bridgehead atoms. The number of carboxylic acids is 2. The number of hydrogen-bond donors (Lipinski definition) is 2. The normalized spacial score (nSPS) is 11.8. The molecule has 19 heavy (non-hydrogen) atoms. The Morgan fingerprint density at radius 2 is 1.79 bits per heavy atom. The molecule has 0 amide bonds. The van der Waals surface area contributed by atoms with Gasteiger partial charge in [-0.15, -0.1) is 0 Å². The number of ether oxygens (including phenoxy) is 1. The fraction of sp³-hybridized carbons (Fsp3) is 0.727. The Balaban J connectivity index is 0. The third-order valence-electron chi connectivity index (χ3n) is 1.76.